The first-order valence-electron chi connectivity index (χ1n) is 6.31. The Morgan fingerprint density at radius 2 is 2.29 bits per heavy atom. The Labute approximate surface area is 127 Å². The summed E-state index contributed by atoms with van der Waals surface area (Å²) in [6.07, 6.45) is 3.27. The lowest BCUT2D eigenvalue weighted by molar-refractivity contribution is 0.102. The van der Waals surface area contributed by atoms with Crippen LogP contribution in [0.2, 0.25) is 5.02 Å². The van der Waals surface area contributed by atoms with Crippen LogP contribution >= 0.6 is 11.6 Å². The van der Waals surface area contributed by atoms with Gasteiger partial charge in [-0.3, -0.25) is 9.48 Å². The van der Waals surface area contributed by atoms with Crippen LogP contribution in [0.4, 0.5) is 11.5 Å². The van der Waals surface area contributed by atoms with Crippen molar-refractivity contribution in [2.24, 2.45) is 0 Å². The predicted molar refractivity (Wildman–Crippen MR) is 80.8 cm³/mol. The molecular weight excluding hydrogens is 294 g/mol. The first-order valence-corrected chi connectivity index (χ1v) is 6.69. The molecule has 21 heavy (non-hydrogen) atoms. The normalized spacial score (nSPS) is 10.4. The van der Waals surface area contributed by atoms with Crippen molar-refractivity contribution in [3.63, 3.8) is 0 Å². The first-order chi connectivity index (χ1) is 10.1. The van der Waals surface area contributed by atoms with Gasteiger partial charge in [0.25, 0.3) is 5.91 Å². The van der Waals surface area contributed by atoms with E-state index in [0.717, 1.165) is 0 Å². The third kappa shape index (κ3) is 3.93. The van der Waals surface area contributed by atoms with Gasteiger partial charge in [-0.15, -0.1) is 0 Å². The fraction of sp³-hybridized carbons (Fsp3) is 0.308. The molecule has 2 rings (SSSR count). The van der Waals surface area contributed by atoms with Gasteiger partial charge in [-0.1, -0.05) is 11.6 Å². The number of hydrogen-bond acceptors (Lipinski definition) is 5. The van der Waals surface area contributed by atoms with Crippen LogP contribution in [0, 0.1) is 0 Å². The van der Waals surface area contributed by atoms with Crippen LogP contribution in [0.1, 0.15) is 10.5 Å². The van der Waals surface area contributed by atoms with Crippen LogP contribution in [0.25, 0.3) is 0 Å². The molecule has 2 heterocycles. The molecule has 0 saturated carbocycles. The summed E-state index contributed by atoms with van der Waals surface area (Å²) in [5.74, 6) is 0.184. The molecule has 112 valence electrons. The number of aromatic nitrogens is 3. The van der Waals surface area contributed by atoms with Gasteiger partial charge in [0.2, 0.25) is 0 Å². The Morgan fingerprint density at radius 1 is 1.48 bits per heavy atom. The van der Waals surface area contributed by atoms with Gasteiger partial charge in [0.15, 0.2) is 0 Å². The summed E-state index contributed by atoms with van der Waals surface area (Å²) in [5, 5.41) is 9.97. The molecule has 0 unspecified atom stereocenters. The van der Waals surface area contributed by atoms with E-state index in [9.17, 15) is 4.79 Å². The standard InChI is InChI=1S/C13H16ClN5O2/c1-15-11-4-3-10(14)12(18-11)13(20)17-9-7-16-19(8-9)5-6-21-2/h3-4,7-8H,5-6H2,1-2H3,(H,15,18)(H,17,20). The second-order valence-corrected chi connectivity index (χ2v) is 4.62. The highest BCUT2D eigenvalue weighted by Gasteiger charge is 2.14. The number of rotatable bonds is 6. The third-order valence-corrected chi connectivity index (χ3v) is 3.04. The number of carbonyl (C=O) groups excluding carboxylic acids is 1. The monoisotopic (exact) mass is 309 g/mol. The van der Waals surface area contributed by atoms with E-state index >= 15 is 0 Å². The molecule has 2 aromatic rings. The molecular formula is C13H16ClN5O2. The maximum absolute atomic E-state index is 12.2. The van der Waals surface area contributed by atoms with E-state index in [1.165, 1.54) is 0 Å². The number of halogens is 1. The fourth-order valence-electron chi connectivity index (χ4n) is 1.67. The minimum Gasteiger partial charge on any atom is -0.383 e. The maximum Gasteiger partial charge on any atom is 0.275 e. The van der Waals surface area contributed by atoms with E-state index in [-0.39, 0.29) is 11.6 Å². The van der Waals surface area contributed by atoms with E-state index < -0.39 is 0 Å². The van der Waals surface area contributed by atoms with Gasteiger partial charge < -0.3 is 15.4 Å². The zero-order valence-electron chi connectivity index (χ0n) is 11.8. The van der Waals surface area contributed by atoms with Crippen molar-refractivity contribution in [1.82, 2.24) is 14.8 Å². The molecule has 0 saturated heterocycles. The number of nitrogens with zero attached hydrogens (tertiary/aromatic N) is 3. The molecule has 0 aliphatic rings. The van der Waals surface area contributed by atoms with Gasteiger partial charge in [0, 0.05) is 20.4 Å². The SMILES string of the molecule is CNc1ccc(Cl)c(C(=O)Nc2cnn(CCOC)c2)n1. The molecule has 2 N–H and O–H groups in total. The third-order valence-electron chi connectivity index (χ3n) is 2.73. The molecule has 0 aliphatic heterocycles. The summed E-state index contributed by atoms with van der Waals surface area (Å²) in [7, 11) is 3.34. The predicted octanol–water partition coefficient (Wildman–Crippen LogP) is 1.87. The number of ether oxygens (including phenoxy) is 1. The maximum atomic E-state index is 12.2. The Morgan fingerprint density at radius 3 is 3.00 bits per heavy atom. The molecule has 0 spiro atoms. The average Bonchev–Trinajstić information content (AvgIpc) is 2.93. The average molecular weight is 310 g/mol. The first kappa shape index (κ1) is 15.3. The zero-order valence-corrected chi connectivity index (χ0v) is 12.5. The second-order valence-electron chi connectivity index (χ2n) is 4.22. The molecule has 8 heteroatoms. The number of amides is 1. The minimum absolute atomic E-state index is 0.160. The lowest BCUT2D eigenvalue weighted by Gasteiger charge is -2.06. The highest BCUT2D eigenvalue weighted by atomic mass is 35.5. The van der Waals surface area contributed by atoms with E-state index in [0.29, 0.717) is 29.7 Å². The Kier molecular flexibility index (Phi) is 5.13. The zero-order chi connectivity index (χ0) is 15.2. The molecule has 7 nitrogen and oxygen atoms in total. The number of pyridine rings is 1. The smallest absolute Gasteiger partial charge is 0.275 e. The Bertz CT molecular complexity index is 629. The highest BCUT2D eigenvalue weighted by molar-refractivity contribution is 6.34. The van der Waals surface area contributed by atoms with Crippen LogP contribution in [-0.2, 0) is 11.3 Å². The number of methoxy groups -OCH3 is 1. The van der Waals surface area contributed by atoms with Crippen molar-refractivity contribution in [3.8, 4) is 0 Å². The Balaban J connectivity index is 2.09. The molecule has 0 radical (unpaired) electrons. The molecule has 0 bridgehead atoms. The molecule has 0 fully saturated rings. The molecule has 0 aliphatic carbocycles. The van der Waals surface area contributed by atoms with Crippen LogP contribution < -0.4 is 10.6 Å². The summed E-state index contributed by atoms with van der Waals surface area (Å²) >= 11 is 6.00. The lowest BCUT2D eigenvalue weighted by atomic mass is 10.3. The van der Waals surface area contributed by atoms with Crippen LogP contribution in [0.5, 0.6) is 0 Å². The summed E-state index contributed by atoms with van der Waals surface area (Å²) in [5.41, 5.74) is 0.733. The topological polar surface area (TPSA) is 81.1 Å². The van der Waals surface area contributed by atoms with E-state index in [4.69, 9.17) is 16.3 Å². The Hall–Kier alpha value is -2.12. The molecule has 0 aromatic carbocycles. The minimum atomic E-state index is -0.386. The van der Waals surface area contributed by atoms with Gasteiger partial charge >= 0.3 is 0 Å². The molecule has 2 aromatic heterocycles. The van der Waals surface area contributed by atoms with Crippen molar-refractivity contribution in [2.75, 3.05) is 31.4 Å². The number of nitrogens with one attached hydrogen (secondary N) is 2. The van der Waals surface area contributed by atoms with E-state index in [1.54, 1.807) is 43.4 Å². The van der Waals surface area contributed by atoms with Crippen molar-refractivity contribution >= 4 is 29.0 Å². The summed E-state index contributed by atoms with van der Waals surface area (Å²) in [6.45, 7) is 1.16. The van der Waals surface area contributed by atoms with Crippen molar-refractivity contribution in [2.45, 2.75) is 6.54 Å². The largest absolute Gasteiger partial charge is 0.383 e. The fourth-order valence-corrected chi connectivity index (χ4v) is 1.86. The van der Waals surface area contributed by atoms with Crippen molar-refractivity contribution in [1.29, 1.82) is 0 Å². The number of hydrogen-bond donors (Lipinski definition) is 2. The van der Waals surface area contributed by atoms with E-state index in [1.807, 2.05) is 0 Å². The summed E-state index contributed by atoms with van der Waals surface area (Å²) in [6, 6.07) is 3.32. The van der Waals surface area contributed by atoms with Gasteiger partial charge in [-0.25, -0.2) is 4.98 Å². The van der Waals surface area contributed by atoms with Crippen LogP contribution in [0.3, 0.4) is 0 Å². The van der Waals surface area contributed by atoms with Gasteiger partial charge in [-0.2, -0.15) is 5.10 Å². The van der Waals surface area contributed by atoms with Crippen molar-refractivity contribution < 1.29 is 9.53 Å². The molecule has 1 amide bonds. The van der Waals surface area contributed by atoms with Crippen LogP contribution in [-0.4, -0.2) is 41.4 Å². The highest BCUT2D eigenvalue weighted by Crippen LogP contribution is 2.18. The van der Waals surface area contributed by atoms with Gasteiger partial charge in [0.05, 0.1) is 30.1 Å². The summed E-state index contributed by atoms with van der Waals surface area (Å²) < 4.78 is 6.64. The molecule has 0 atom stereocenters. The summed E-state index contributed by atoms with van der Waals surface area (Å²) in [4.78, 5) is 16.3. The quantitative estimate of drug-likeness (QED) is 0.851. The second kappa shape index (κ2) is 7.05. The van der Waals surface area contributed by atoms with Crippen molar-refractivity contribution in [3.05, 3.63) is 35.2 Å². The van der Waals surface area contributed by atoms with Gasteiger partial charge in [0.1, 0.15) is 11.5 Å². The number of anilines is 2. The van der Waals surface area contributed by atoms with Crippen LogP contribution in [0.15, 0.2) is 24.5 Å². The van der Waals surface area contributed by atoms with Gasteiger partial charge in [-0.05, 0) is 12.1 Å². The van der Waals surface area contributed by atoms with E-state index in [2.05, 4.69) is 20.7 Å². The lowest BCUT2D eigenvalue weighted by Crippen LogP contribution is -2.14. The number of carbonyl (C=O) groups is 1.